The van der Waals surface area contributed by atoms with E-state index in [9.17, 15) is 9.90 Å². The number of unbranched alkanes of at least 4 members (excludes halogenated alkanes) is 12. The molecule has 27 heavy (non-hydrogen) atoms. The highest BCUT2D eigenvalue weighted by Gasteiger charge is 2.39. The lowest BCUT2D eigenvalue weighted by Gasteiger charge is -2.35. The Morgan fingerprint density at radius 3 is 1.48 bits per heavy atom. The molecule has 0 aromatic rings. The monoisotopic (exact) mass is 382 g/mol. The first-order valence-electron chi connectivity index (χ1n) is 12.1. The van der Waals surface area contributed by atoms with Gasteiger partial charge in [-0.3, -0.25) is 4.79 Å². The van der Waals surface area contributed by atoms with Crippen molar-refractivity contribution >= 4 is 5.97 Å². The molecule has 2 nitrogen and oxygen atoms in total. The predicted octanol–water partition coefficient (Wildman–Crippen LogP) is 8.63. The van der Waals surface area contributed by atoms with Gasteiger partial charge in [0.05, 0.1) is 5.41 Å². The van der Waals surface area contributed by atoms with E-state index >= 15 is 0 Å². The molecule has 162 valence electrons. The Kier molecular flexibility index (Phi) is 16.1. The van der Waals surface area contributed by atoms with Gasteiger partial charge >= 0.3 is 5.97 Å². The first kappa shape index (κ1) is 26.5. The normalized spacial score (nSPS) is 14.3. The minimum Gasteiger partial charge on any atom is -0.481 e. The van der Waals surface area contributed by atoms with Crippen LogP contribution in [0.5, 0.6) is 0 Å². The third-order valence-corrected chi connectivity index (χ3v) is 6.55. The Morgan fingerprint density at radius 2 is 1.07 bits per heavy atom. The molecule has 1 N–H and O–H groups in total. The third kappa shape index (κ3) is 12.5. The molecule has 0 spiro atoms. The summed E-state index contributed by atoms with van der Waals surface area (Å²) in [4.78, 5) is 11.8. The first-order valence-corrected chi connectivity index (χ1v) is 12.1. The van der Waals surface area contributed by atoms with E-state index < -0.39 is 11.4 Å². The van der Waals surface area contributed by atoms with E-state index in [0.717, 1.165) is 6.42 Å². The summed E-state index contributed by atoms with van der Waals surface area (Å²) in [5, 5.41) is 9.75. The van der Waals surface area contributed by atoms with Crippen molar-refractivity contribution in [1.82, 2.24) is 0 Å². The second-order valence-electron chi connectivity index (χ2n) is 9.43. The fraction of sp³-hybridized carbons (Fsp3) is 0.960. The smallest absolute Gasteiger partial charge is 0.309 e. The zero-order valence-corrected chi connectivity index (χ0v) is 19.3. The lowest BCUT2D eigenvalue weighted by molar-refractivity contribution is -0.151. The van der Waals surface area contributed by atoms with Gasteiger partial charge in [-0.15, -0.1) is 0 Å². The van der Waals surface area contributed by atoms with E-state index in [1.165, 1.54) is 96.3 Å². The summed E-state index contributed by atoms with van der Waals surface area (Å²) in [6.07, 6.45) is 20.7. The van der Waals surface area contributed by atoms with E-state index in [1.54, 1.807) is 0 Å². The van der Waals surface area contributed by atoms with E-state index in [-0.39, 0.29) is 0 Å². The van der Waals surface area contributed by atoms with Gasteiger partial charge in [0.1, 0.15) is 0 Å². The van der Waals surface area contributed by atoms with Gasteiger partial charge < -0.3 is 5.11 Å². The van der Waals surface area contributed by atoms with Crippen molar-refractivity contribution in [1.29, 1.82) is 0 Å². The van der Waals surface area contributed by atoms with Crippen LogP contribution in [0, 0.1) is 17.3 Å². The van der Waals surface area contributed by atoms with Crippen molar-refractivity contribution in [2.24, 2.45) is 17.3 Å². The summed E-state index contributed by atoms with van der Waals surface area (Å²) in [5.41, 5.74) is -0.608. The molecule has 2 unspecified atom stereocenters. The van der Waals surface area contributed by atoms with Crippen molar-refractivity contribution in [2.75, 3.05) is 0 Å². The Morgan fingerprint density at radius 1 is 0.704 bits per heavy atom. The van der Waals surface area contributed by atoms with Crippen molar-refractivity contribution in [3.63, 3.8) is 0 Å². The van der Waals surface area contributed by atoms with Crippen molar-refractivity contribution in [3.05, 3.63) is 0 Å². The van der Waals surface area contributed by atoms with Gasteiger partial charge in [-0.2, -0.15) is 0 Å². The predicted molar refractivity (Wildman–Crippen MR) is 119 cm³/mol. The number of hydrogen-bond acceptors (Lipinski definition) is 1. The van der Waals surface area contributed by atoms with Crippen LogP contribution in [-0.2, 0) is 4.79 Å². The second-order valence-corrected chi connectivity index (χ2v) is 9.43. The molecule has 0 bridgehead atoms. The lowest BCUT2D eigenvalue weighted by atomic mass is 9.68. The first-order chi connectivity index (χ1) is 12.9. The summed E-state index contributed by atoms with van der Waals surface area (Å²) in [7, 11) is 0. The minimum absolute atomic E-state index is 0.297. The molecule has 0 fully saturated rings. The maximum atomic E-state index is 11.8. The van der Waals surface area contributed by atoms with Crippen LogP contribution in [0.1, 0.15) is 137 Å². The van der Waals surface area contributed by atoms with Crippen LogP contribution in [-0.4, -0.2) is 11.1 Å². The molecule has 2 atom stereocenters. The molecule has 0 aromatic carbocycles. The summed E-state index contributed by atoms with van der Waals surface area (Å²) in [6, 6.07) is 0. The van der Waals surface area contributed by atoms with Crippen molar-refractivity contribution in [3.8, 4) is 0 Å². The maximum absolute atomic E-state index is 11.8. The van der Waals surface area contributed by atoms with E-state index in [1.807, 2.05) is 13.8 Å². The highest BCUT2D eigenvalue weighted by atomic mass is 16.4. The molecular formula is C25H50O2. The summed E-state index contributed by atoms with van der Waals surface area (Å²) in [5.74, 6) is 0.179. The van der Waals surface area contributed by atoms with Gasteiger partial charge in [0.15, 0.2) is 0 Å². The van der Waals surface area contributed by atoms with Gasteiger partial charge in [-0.1, -0.05) is 117 Å². The minimum atomic E-state index is -0.624. The van der Waals surface area contributed by atoms with Crippen LogP contribution in [0.25, 0.3) is 0 Å². The zero-order valence-electron chi connectivity index (χ0n) is 19.3. The molecule has 0 aliphatic carbocycles. The third-order valence-electron chi connectivity index (χ3n) is 6.55. The molecule has 0 heterocycles. The zero-order chi connectivity index (χ0) is 20.5. The van der Waals surface area contributed by atoms with Crippen LogP contribution >= 0.6 is 0 Å². The van der Waals surface area contributed by atoms with Crippen molar-refractivity contribution < 1.29 is 9.90 Å². The largest absolute Gasteiger partial charge is 0.481 e. The fourth-order valence-corrected chi connectivity index (χ4v) is 4.46. The molecule has 0 saturated carbocycles. The SMILES string of the molecule is CCCCCCCCCCC(C)C(CCCCCCCC)C(C)(C)C(=O)O. The molecule has 0 saturated heterocycles. The number of aliphatic carboxylic acids is 1. The molecule has 0 amide bonds. The van der Waals surface area contributed by atoms with Gasteiger partial charge in [-0.25, -0.2) is 0 Å². The Hall–Kier alpha value is -0.530. The van der Waals surface area contributed by atoms with Crippen LogP contribution in [0.3, 0.4) is 0 Å². The molecule has 0 rings (SSSR count). The Balaban J connectivity index is 4.25. The average molecular weight is 383 g/mol. The molecule has 0 aliphatic rings. The maximum Gasteiger partial charge on any atom is 0.309 e. The Bertz CT molecular complexity index is 348. The van der Waals surface area contributed by atoms with Crippen LogP contribution < -0.4 is 0 Å². The molecule has 0 radical (unpaired) electrons. The van der Waals surface area contributed by atoms with Crippen LogP contribution in [0.15, 0.2) is 0 Å². The van der Waals surface area contributed by atoms with E-state index in [2.05, 4.69) is 20.8 Å². The number of carboxylic acids is 1. The number of hydrogen-bond donors (Lipinski definition) is 1. The second kappa shape index (κ2) is 16.4. The summed E-state index contributed by atoms with van der Waals surface area (Å²) >= 11 is 0. The highest BCUT2D eigenvalue weighted by Crippen LogP contribution is 2.39. The Labute approximate surface area is 170 Å². The average Bonchev–Trinajstić information content (AvgIpc) is 2.62. The highest BCUT2D eigenvalue weighted by molar-refractivity contribution is 5.74. The van der Waals surface area contributed by atoms with Crippen LogP contribution in [0.4, 0.5) is 0 Å². The van der Waals surface area contributed by atoms with E-state index in [4.69, 9.17) is 0 Å². The van der Waals surface area contributed by atoms with E-state index in [0.29, 0.717) is 11.8 Å². The standard InChI is InChI=1S/C25H50O2/c1-6-8-10-12-14-15-16-18-20-22(3)23(25(4,5)24(26)27)21-19-17-13-11-9-7-2/h22-23H,6-21H2,1-5H3,(H,26,27). The lowest BCUT2D eigenvalue weighted by Crippen LogP contribution is -2.36. The molecule has 0 aliphatic heterocycles. The van der Waals surface area contributed by atoms with Gasteiger partial charge in [0.25, 0.3) is 0 Å². The number of carbonyl (C=O) groups is 1. The summed E-state index contributed by atoms with van der Waals surface area (Å²) in [6.45, 7) is 10.7. The van der Waals surface area contributed by atoms with Crippen molar-refractivity contribution in [2.45, 2.75) is 137 Å². The topological polar surface area (TPSA) is 37.3 Å². The van der Waals surface area contributed by atoms with Gasteiger partial charge in [-0.05, 0) is 32.1 Å². The molecule has 0 aromatic heterocycles. The molecule has 2 heteroatoms. The fourth-order valence-electron chi connectivity index (χ4n) is 4.46. The van der Waals surface area contributed by atoms with Gasteiger partial charge in [0, 0.05) is 0 Å². The number of carboxylic acid groups (broad SMARTS) is 1. The molecular weight excluding hydrogens is 332 g/mol. The summed E-state index contributed by atoms with van der Waals surface area (Å²) < 4.78 is 0. The van der Waals surface area contributed by atoms with Crippen LogP contribution in [0.2, 0.25) is 0 Å². The van der Waals surface area contributed by atoms with Gasteiger partial charge in [0.2, 0.25) is 0 Å². The quantitative estimate of drug-likeness (QED) is 0.227. The number of rotatable bonds is 19.